The van der Waals surface area contributed by atoms with Crippen molar-refractivity contribution < 1.29 is 24.3 Å². The summed E-state index contributed by atoms with van der Waals surface area (Å²) in [5.41, 5.74) is 5.69. The molecule has 30 heavy (non-hydrogen) atoms. The SMILES string of the molecule is CCC(C)C(NC(=O)C(NC(=O)C(NC(=O)C(N)CS)C(C)CC)C(C)C)C(=O)O. The highest BCUT2D eigenvalue weighted by molar-refractivity contribution is 7.80. The predicted octanol–water partition coefficient (Wildman–Crippen LogP) is 0.531. The van der Waals surface area contributed by atoms with Crippen molar-refractivity contribution in [2.24, 2.45) is 23.5 Å². The Labute approximate surface area is 184 Å². The smallest absolute Gasteiger partial charge is 0.326 e. The molecule has 174 valence electrons. The van der Waals surface area contributed by atoms with Crippen LogP contribution in [0.1, 0.15) is 54.4 Å². The second kappa shape index (κ2) is 13.5. The Morgan fingerprint density at radius 3 is 1.60 bits per heavy atom. The molecule has 6 unspecified atom stereocenters. The van der Waals surface area contributed by atoms with E-state index in [4.69, 9.17) is 5.73 Å². The summed E-state index contributed by atoms with van der Waals surface area (Å²) in [6.07, 6.45) is 1.19. The third-order valence-corrected chi connectivity index (χ3v) is 5.74. The number of hydrogen-bond acceptors (Lipinski definition) is 6. The number of amides is 3. The van der Waals surface area contributed by atoms with Gasteiger partial charge in [0.1, 0.15) is 18.1 Å². The van der Waals surface area contributed by atoms with Crippen molar-refractivity contribution >= 4 is 36.3 Å². The number of hydrogen-bond donors (Lipinski definition) is 6. The van der Waals surface area contributed by atoms with Crippen LogP contribution in [-0.2, 0) is 19.2 Å². The number of rotatable bonds is 13. The van der Waals surface area contributed by atoms with Crippen molar-refractivity contribution in [2.75, 3.05) is 5.75 Å². The minimum Gasteiger partial charge on any atom is -0.480 e. The Morgan fingerprint density at radius 1 is 0.800 bits per heavy atom. The molecule has 0 aliphatic heterocycles. The van der Waals surface area contributed by atoms with Crippen molar-refractivity contribution in [3.05, 3.63) is 0 Å². The predicted molar refractivity (Wildman–Crippen MR) is 119 cm³/mol. The second-order valence-corrected chi connectivity index (χ2v) is 8.47. The quantitative estimate of drug-likeness (QED) is 0.227. The zero-order valence-corrected chi connectivity index (χ0v) is 19.7. The molecule has 6 atom stereocenters. The van der Waals surface area contributed by atoms with Gasteiger partial charge in [-0.05, 0) is 17.8 Å². The fraction of sp³-hybridized carbons (Fsp3) is 0.800. The summed E-state index contributed by atoms with van der Waals surface area (Å²) >= 11 is 4.00. The molecule has 0 rings (SSSR count). The average Bonchev–Trinajstić information content (AvgIpc) is 2.70. The van der Waals surface area contributed by atoms with Crippen LogP contribution in [0.2, 0.25) is 0 Å². The van der Waals surface area contributed by atoms with Crippen LogP contribution in [0.25, 0.3) is 0 Å². The van der Waals surface area contributed by atoms with Crippen LogP contribution in [0.4, 0.5) is 0 Å². The van der Waals surface area contributed by atoms with E-state index in [0.29, 0.717) is 12.8 Å². The summed E-state index contributed by atoms with van der Waals surface area (Å²) in [4.78, 5) is 49.4. The molecular weight excluding hydrogens is 408 g/mol. The Bertz CT molecular complexity index is 602. The molecule has 10 heteroatoms. The van der Waals surface area contributed by atoms with Gasteiger partial charge in [0.25, 0.3) is 0 Å². The number of nitrogens with two attached hydrogens (primary N) is 1. The minimum absolute atomic E-state index is 0.129. The summed E-state index contributed by atoms with van der Waals surface area (Å²) in [5, 5.41) is 17.3. The van der Waals surface area contributed by atoms with Crippen LogP contribution in [0.3, 0.4) is 0 Å². The van der Waals surface area contributed by atoms with E-state index in [9.17, 15) is 24.3 Å². The van der Waals surface area contributed by atoms with Gasteiger partial charge in [0.2, 0.25) is 17.7 Å². The van der Waals surface area contributed by atoms with E-state index < -0.39 is 47.9 Å². The van der Waals surface area contributed by atoms with Gasteiger partial charge in [-0.3, -0.25) is 14.4 Å². The van der Waals surface area contributed by atoms with Gasteiger partial charge in [0.15, 0.2) is 0 Å². The van der Waals surface area contributed by atoms with E-state index in [2.05, 4.69) is 28.6 Å². The first kappa shape index (κ1) is 28.2. The molecule has 0 bridgehead atoms. The van der Waals surface area contributed by atoms with Crippen LogP contribution < -0.4 is 21.7 Å². The maximum absolute atomic E-state index is 12.9. The van der Waals surface area contributed by atoms with Gasteiger partial charge in [0.05, 0.1) is 6.04 Å². The Balaban J connectivity index is 5.49. The molecule has 0 saturated carbocycles. The number of nitrogens with one attached hydrogen (secondary N) is 3. The second-order valence-electron chi connectivity index (χ2n) is 8.10. The zero-order valence-electron chi connectivity index (χ0n) is 18.8. The van der Waals surface area contributed by atoms with Crippen molar-refractivity contribution in [3.63, 3.8) is 0 Å². The lowest BCUT2D eigenvalue weighted by Crippen LogP contribution is -2.60. The average molecular weight is 447 g/mol. The monoisotopic (exact) mass is 446 g/mol. The third kappa shape index (κ3) is 8.51. The highest BCUT2D eigenvalue weighted by Crippen LogP contribution is 2.12. The lowest BCUT2D eigenvalue weighted by molar-refractivity contribution is -0.144. The molecule has 0 spiro atoms. The van der Waals surface area contributed by atoms with E-state index in [1.54, 1.807) is 20.8 Å². The van der Waals surface area contributed by atoms with E-state index in [0.717, 1.165) is 0 Å². The van der Waals surface area contributed by atoms with Crippen LogP contribution in [0.5, 0.6) is 0 Å². The van der Waals surface area contributed by atoms with E-state index in [-0.39, 0.29) is 23.5 Å². The number of thiol groups is 1. The highest BCUT2D eigenvalue weighted by Gasteiger charge is 2.34. The zero-order chi connectivity index (χ0) is 23.6. The van der Waals surface area contributed by atoms with Gasteiger partial charge in [-0.25, -0.2) is 4.79 Å². The number of carboxylic acid groups (broad SMARTS) is 1. The number of carbonyl (C=O) groups excluding carboxylic acids is 3. The lowest BCUT2D eigenvalue weighted by atomic mass is 9.95. The first-order valence-corrected chi connectivity index (χ1v) is 11.0. The van der Waals surface area contributed by atoms with Crippen LogP contribution in [-0.4, -0.2) is 58.7 Å². The molecule has 0 aromatic carbocycles. The van der Waals surface area contributed by atoms with Gasteiger partial charge in [-0.2, -0.15) is 12.6 Å². The third-order valence-electron chi connectivity index (χ3n) is 5.35. The fourth-order valence-electron chi connectivity index (χ4n) is 2.75. The molecule has 0 saturated heterocycles. The van der Waals surface area contributed by atoms with Gasteiger partial charge < -0.3 is 26.8 Å². The van der Waals surface area contributed by atoms with Crippen molar-refractivity contribution in [1.82, 2.24) is 16.0 Å². The molecule has 0 heterocycles. The molecule has 0 aliphatic rings. The summed E-state index contributed by atoms with van der Waals surface area (Å²) in [5.74, 6) is -3.37. The number of aliphatic carboxylic acids is 1. The fourth-order valence-corrected chi connectivity index (χ4v) is 2.92. The molecular formula is C20H38N4O5S. The summed E-state index contributed by atoms with van der Waals surface area (Å²) in [6, 6.07) is -3.75. The first-order valence-electron chi connectivity index (χ1n) is 10.4. The van der Waals surface area contributed by atoms with Gasteiger partial charge in [-0.15, -0.1) is 0 Å². The Hall–Kier alpha value is -1.81. The maximum atomic E-state index is 12.9. The molecule has 6 N–H and O–H groups in total. The van der Waals surface area contributed by atoms with Crippen molar-refractivity contribution in [1.29, 1.82) is 0 Å². The van der Waals surface area contributed by atoms with Gasteiger partial charge in [0, 0.05) is 5.75 Å². The topological polar surface area (TPSA) is 151 Å². The molecule has 9 nitrogen and oxygen atoms in total. The van der Waals surface area contributed by atoms with Gasteiger partial charge >= 0.3 is 5.97 Å². The lowest BCUT2D eigenvalue weighted by Gasteiger charge is -2.30. The van der Waals surface area contributed by atoms with E-state index >= 15 is 0 Å². The van der Waals surface area contributed by atoms with Crippen molar-refractivity contribution in [3.8, 4) is 0 Å². The van der Waals surface area contributed by atoms with Crippen LogP contribution in [0.15, 0.2) is 0 Å². The van der Waals surface area contributed by atoms with Crippen LogP contribution >= 0.6 is 12.6 Å². The Kier molecular flexibility index (Phi) is 12.7. The summed E-state index contributed by atoms with van der Waals surface area (Å²) in [6.45, 7) is 10.8. The standard InChI is InChI=1S/C20H38N4O5S/c1-7-11(5)15(23-17(25)13(21)9-30)19(27)22-14(10(3)4)18(26)24-16(20(28)29)12(6)8-2/h10-16,30H,7-9,21H2,1-6H3,(H,22,27)(H,23,25)(H,24,26)(H,28,29). The minimum atomic E-state index is -1.13. The Morgan fingerprint density at radius 2 is 1.20 bits per heavy atom. The largest absolute Gasteiger partial charge is 0.480 e. The van der Waals surface area contributed by atoms with Crippen molar-refractivity contribution in [2.45, 2.75) is 78.6 Å². The molecule has 0 aromatic heterocycles. The number of carboxylic acids is 1. The molecule has 0 radical (unpaired) electrons. The molecule has 0 aromatic rings. The first-order chi connectivity index (χ1) is 13.9. The highest BCUT2D eigenvalue weighted by atomic mass is 32.1. The molecule has 3 amide bonds. The normalized spacial score (nSPS) is 17.2. The molecule has 0 fully saturated rings. The molecule has 0 aliphatic carbocycles. The summed E-state index contributed by atoms with van der Waals surface area (Å²) in [7, 11) is 0. The van der Waals surface area contributed by atoms with Crippen LogP contribution in [0, 0.1) is 17.8 Å². The van der Waals surface area contributed by atoms with E-state index in [1.165, 1.54) is 0 Å². The maximum Gasteiger partial charge on any atom is 0.326 e. The summed E-state index contributed by atoms with van der Waals surface area (Å²) < 4.78 is 0. The van der Waals surface area contributed by atoms with Gasteiger partial charge in [-0.1, -0.05) is 54.4 Å². The number of carbonyl (C=O) groups is 4. The van der Waals surface area contributed by atoms with E-state index in [1.807, 2.05) is 20.8 Å².